The zero-order chi connectivity index (χ0) is 16.3. The molecule has 5 nitrogen and oxygen atoms in total. The van der Waals surface area contributed by atoms with Crippen LogP contribution in [-0.2, 0) is 0 Å². The summed E-state index contributed by atoms with van der Waals surface area (Å²) in [5.74, 6) is 0.157. The number of aliphatic imine (C=N–C) groups is 1. The molecular weight excluding hydrogens is 300 g/mol. The molecule has 24 heavy (non-hydrogen) atoms. The van der Waals surface area contributed by atoms with Crippen molar-refractivity contribution in [3.8, 4) is 5.75 Å². The molecule has 4 aromatic rings. The maximum absolute atomic E-state index is 10.9. The molecule has 1 aliphatic heterocycles. The van der Waals surface area contributed by atoms with Crippen molar-refractivity contribution in [2.24, 2.45) is 9.98 Å². The molecule has 1 N–H and O–H groups in total. The predicted molar refractivity (Wildman–Crippen MR) is 94.9 cm³/mol. The van der Waals surface area contributed by atoms with Crippen LogP contribution in [0.1, 0.15) is 12.0 Å². The fourth-order valence-corrected chi connectivity index (χ4v) is 3.65. The Morgan fingerprint density at radius 3 is 2.83 bits per heavy atom. The highest BCUT2D eigenvalue weighted by Crippen LogP contribution is 2.35. The number of hydrogen-bond acceptors (Lipinski definition) is 5. The summed E-state index contributed by atoms with van der Waals surface area (Å²) < 4.78 is 0. The zero-order valence-electron chi connectivity index (χ0n) is 13.1. The molecule has 0 amide bonds. The van der Waals surface area contributed by atoms with Gasteiger partial charge in [0.25, 0.3) is 0 Å². The SMILES string of the molecule is CN=C1CCN=c2c1c(O)c1nccc3c4ccccc4nc2c13. The smallest absolute Gasteiger partial charge is 0.153 e. The summed E-state index contributed by atoms with van der Waals surface area (Å²) in [4.78, 5) is 18.3. The second-order valence-electron chi connectivity index (χ2n) is 5.93. The molecule has 0 radical (unpaired) electrons. The third-order valence-electron chi connectivity index (χ3n) is 4.71. The minimum Gasteiger partial charge on any atom is -0.505 e. The van der Waals surface area contributed by atoms with Gasteiger partial charge in [0.05, 0.1) is 22.0 Å². The number of hydrogen-bond donors (Lipinski definition) is 1. The van der Waals surface area contributed by atoms with Crippen LogP contribution in [0.2, 0.25) is 0 Å². The van der Waals surface area contributed by atoms with Crippen molar-refractivity contribution in [2.45, 2.75) is 6.42 Å². The first-order valence-corrected chi connectivity index (χ1v) is 7.92. The summed E-state index contributed by atoms with van der Waals surface area (Å²) in [7, 11) is 1.75. The maximum Gasteiger partial charge on any atom is 0.153 e. The number of fused-ring (bicyclic) bond motifs is 4. The van der Waals surface area contributed by atoms with Crippen LogP contribution in [0.25, 0.3) is 32.7 Å². The number of aromatic nitrogens is 2. The molecule has 3 heterocycles. The summed E-state index contributed by atoms with van der Waals surface area (Å²) in [6.07, 6.45) is 2.46. The number of benzene rings is 2. The standard InChI is InChI=1S/C19H14N4O/c1-20-13-7-9-21-16-15(13)19(24)18-14-11(6-8-22-18)10-4-2-3-5-12(10)23-17(14)16/h2-6,8,24H,7,9H2,1H3. The van der Waals surface area contributed by atoms with Crippen molar-refractivity contribution in [2.75, 3.05) is 13.6 Å². The normalized spacial score (nSPS) is 16.0. The van der Waals surface area contributed by atoms with Gasteiger partial charge < -0.3 is 5.11 Å². The first kappa shape index (κ1) is 13.4. The third kappa shape index (κ3) is 1.58. The predicted octanol–water partition coefficient (Wildman–Crippen LogP) is 2.80. The lowest BCUT2D eigenvalue weighted by Gasteiger charge is -2.17. The Balaban J connectivity index is 2.16. The van der Waals surface area contributed by atoms with Gasteiger partial charge in [0.1, 0.15) is 5.52 Å². The molecule has 0 spiro atoms. The van der Waals surface area contributed by atoms with Gasteiger partial charge in [-0.3, -0.25) is 15.0 Å². The largest absolute Gasteiger partial charge is 0.505 e. The van der Waals surface area contributed by atoms with Gasteiger partial charge in [0.15, 0.2) is 5.75 Å². The molecule has 2 aromatic heterocycles. The summed E-state index contributed by atoms with van der Waals surface area (Å²) in [6.45, 7) is 0.657. The van der Waals surface area contributed by atoms with Crippen molar-refractivity contribution in [3.63, 3.8) is 0 Å². The Hall–Kier alpha value is -3.08. The number of rotatable bonds is 0. The highest BCUT2D eigenvalue weighted by atomic mass is 16.3. The topological polar surface area (TPSA) is 70.7 Å². The molecule has 0 aliphatic carbocycles. The molecule has 0 unspecified atom stereocenters. The molecule has 116 valence electrons. The number of phenols is 1. The lowest BCUT2D eigenvalue weighted by atomic mass is 9.95. The van der Waals surface area contributed by atoms with E-state index in [0.717, 1.165) is 44.7 Å². The van der Waals surface area contributed by atoms with Crippen LogP contribution in [0.3, 0.4) is 0 Å². The Labute approximate surface area is 137 Å². The Bertz CT molecular complexity index is 1230. The number of phenolic OH excluding ortho intramolecular Hbond substituents is 1. The second kappa shape index (κ2) is 4.71. The van der Waals surface area contributed by atoms with Crippen LogP contribution in [0.4, 0.5) is 0 Å². The van der Waals surface area contributed by atoms with Crippen LogP contribution in [0.5, 0.6) is 5.75 Å². The van der Waals surface area contributed by atoms with Crippen molar-refractivity contribution in [1.29, 1.82) is 0 Å². The summed E-state index contributed by atoms with van der Waals surface area (Å²) >= 11 is 0. The van der Waals surface area contributed by atoms with E-state index in [9.17, 15) is 5.11 Å². The monoisotopic (exact) mass is 314 g/mol. The number of nitrogens with zero attached hydrogens (tertiary/aromatic N) is 4. The minimum absolute atomic E-state index is 0.157. The number of para-hydroxylation sites is 1. The van der Waals surface area contributed by atoms with Crippen LogP contribution >= 0.6 is 0 Å². The lowest BCUT2D eigenvalue weighted by molar-refractivity contribution is 0.478. The van der Waals surface area contributed by atoms with E-state index in [4.69, 9.17) is 4.98 Å². The summed E-state index contributed by atoms with van der Waals surface area (Å²) in [6, 6.07) is 10.00. The van der Waals surface area contributed by atoms with Gasteiger partial charge >= 0.3 is 0 Å². The fourth-order valence-electron chi connectivity index (χ4n) is 3.65. The Morgan fingerprint density at radius 2 is 1.96 bits per heavy atom. The van der Waals surface area contributed by atoms with Gasteiger partial charge in [0.2, 0.25) is 0 Å². The molecule has 0 saturated carbocycles. The van der Waals surface area contributed by atoms with Crippen molar-refractivity contribution < 1.29 is 5.11 Å². The molecular formula is C19H14N4O. The molecule has 5 rings (SSSR count). The van der Waals surface area contributed by atoms with Gasteiger partial charge in [-0.05, 0) is 17.5 Å². The molecule has 0 saturated heterocycles. The lowest BCUT2D eigenvalue weighted by Crippen LogP contribution is -2.24. The highest BCUT2D eigenvalue weighted by Gasteiger charge is 2.23. The van der Waals surface area contributed by atoms with Crippen LogP contribution in [0.15, 0.2) is 46.5 Å². The van der Waals surface area contributed by atoms with E-state index in [1.807, 2.05) is 30.3 Å². The molecule has 0 fully saturated rings. The maximum atomic E-state index is 10.9. The molecule has 0 atom stereocenters. The molecule has 0 bridgehead atoms. The number of pyridine rings is 2. The Kier molecular flexibility index (Phi) is 2.62. The second-order valence-corrected chi connectivity index (χ2v) is 5.93. The van der Waals surface area contributed by atoms with Gasteiger partial charge in [-0.2, -0.15) is 0 Å². The number of aromatic hydroxyl groups is 1. The van der Waals surface area contributed by atoms with Gasteiger partial charge in [-0.25, -0.2) is 4.98 Å². The van der Waals surface area contributed by atoms with Crippen LogP contribution in [0, 0.1) is 0 Å². The first-order valence-electron chi connectivity index (χ1n) is 7.92. The van der Waals surface area contributed by atoms with Gasteiger partial charge in [0, 0.05) is 42.7 Å². The Morgan fingerprint density at radius 1 is 1.08 bits per heavy atom. The fraction of sp³-hybridized carbons (Fsp3) is 0.158. The van der Waals surface area contributed by atoms with E-state index < -0.39 is 0 Å². The average Bonchev–Trinajstić information content (AvgIpc) is 2.65. The van der Waals surface area contributed by atoms with E-state index in [-0.39, 0.29) is 5.75 Å². The van der Waals surface area contributed by atoms with E-state index in [1.54, 1.807) is 13.2 Å². The van der Waals surface area contributed by atoms with Crippen molar-refractivity contribution >= 4 is 38.4 Å². The van der Waals surface area contributed by atoms with Gasteiger partial charge in [-0.15, -0.1) is 0 Å². The molecule has 5 heteroatoms. The van der Waals surface area contributed by atoms with Crippen molar-refractivity contribution in [1.82, 2.24) is 9.97 Å². The van der Waals surface area contributed by atoms with E-state index in [0.29, 0.717) is 17.6 Å². The van der Waals surface area contributed by atoms with Crippen LogP contribution in [-0.4, -0.2) is 34.4 Å². The van der Waals surface area contributed by atoms with Gasteiger partial charge in [-0.1, -0.05) is 18.2 Å². The quantitative estimate of drug-likeness (QED) is 0.401. The van der Waals surface area contributed by atoms with E-state index in [1.165, 1.54) is 0 Å². The van der Waals surface area contributed by atoms with Crippen LogP contribution < -0.4 is 5.36 Å². The molecule has 2 aromatic carbocycles. The third-order valence-corrected chi connectivity index (χ3v) is 4.71. The summed E-state index contributed by atoms with van der Waals surface area (Å²) in [5, 5.41) is 14.6. The van der Waals surface area contributed by atoms with E-state index in [2.05, 4.69) is 15.0 Å². The first-order chi connectivity index (χ1) is 11.8. The summed E-state index contributed by atoms with van der Waals surface area (Å²) in [5.41, 5.74) is 3.82. The highest BCUT2D eigenvalue weighted by molar-refractivity contribution is 6.21. The average molecular weight is 314 g/mol. The minimum atomic E-state index is 0.157. The molecule has 1 aliphatic rings. The zero-order valence-corrected chi connectivity index (χ0v) is 13.1. The van der Waals surface area contributed by atoms with E-state index >= 15 is 0 Å². The van der Waals surface area contributed by atoms with Crippen molar-refractivity contribution in [3.05, 3.63) is 47.4 Å².